The van der Waals surface area contributed by atoms with E-state index in [9.17, 15) is 4.79 Å². The Balaban J connectivity index is 3.24. The van der Waals surface area contributed by atoms with Gasteiger partial charge in [0.1, 0.15) is 0 Å². The first kappa shape index (κ1) is 7.23. The number of hydrogen-bond acceptors (Lipinski definition) is 3. The highest BCUT2D eigenvalue weighted by molar-refractivity contribution is 5.64. The Bertz CT molecular complexity index is 84.1. The molecule has 0 radical (unpaired) electrons. The van der Waals surface area contributed by atoms with Crippen molar-refractivity contribution in [2.75, 3.05) is 0 Å². The van der Waals surface area contributed by atoms with E-state index in [0.717, 1.165) is 0 Å². The van der Waals surface area contributed by atoms with Gasteiger partial charge in [-0.3, -0.25) is 5.73 Å². The zero-order valence-corrected chi connectivity index (χ0v) is 4.76. The van der Waals surface area contributed by atoms with Crippen LogP contribution in [0.3, 0.4) is 0 Å². The van der Waals surface area contributed by atoms with Gasteiger partial charge >= 0.3 is 6.09 Å². The van der Waals surface area contributed by atoms with Crippen molar-refractivity contribution in [3.8, 4) is 0 Å². The second kappa shape index (κ2) is 3.26. The van der Waals surface area contributed by atoms with E-state index in [2.05, 4.69) is 10.5 Å². The Morgan fingerprint density at radius 1 is 1.88 bits per heavy atom. The molecule has 0 spiro atoms. The van der Waals surface area contributed by atoms with Crippen LogP contribution in [-0.4, -0.2) is 12.3 Å². The monoisotopic (exact) mass is 118 g/mol. The molecule has 0 rings (SSSR count). The van der Waals surface area contributed by atoms with Gasteiger partial charge < -0.3 is 10.5 Å². The molecule has 0 saturated heterocycles. The van der Waals surface area contributed by atoms with Crippen molar-refractivity contribution in [2.24, 2.45) is 11.5 Å². The summed E-state index contributed by atoms with van der Waals surface area (Å²) >= 11 is 0. The van der Waals surface area contributed by atoms with E-state index in [-0.39, 0.29) is 0 Å². The standard InChI is InChI=1S/C4H10N2O2/c1-2-3(5)8-4(6)7/h3H,2,5H2,1H3,(H2,6,7)/t3-/m1/s1. The highest BCUT2D eigenvalue weighted by Crippen LogP contribution is 1.86. The lowest BCUT2D eigenvalue weighted by molar-refractivity contribution is 0.108. The van der Waals surface area contributed by atoms with Crippen molar-refractivity contribution in [3.63, 3.8) is 0 Å². The second-order valence-electron chi connectivity index (χ2n) is 1.38. The molecule has 0 aromatic carbocycles. The maximum absolute atomic E-state index is 9.89. The molecule has 0 aliphatic rings. The summed E-state index contributed by atoms with van der Waals surface area (Å²) in [4.78, 5) is 9.89. The zero-order valence-electron chi connectivity index (χ0n) is 4.76. The van der Waals surface area contributed by atoms with Crippen molar-refractivity contribution < 1.29 is 9.53 Å². The molecule has 4 N–H and O–H groups in total. The van der Waals surface area contributed by atoms with Gasteiger partial charge in [0, 0.05) is 0 Å². The molecule has 8 heavy (non-hydrogen) atoms. The van der Waals surface area contributed by atoms with E-state index >= 15 is 0 Å². The maximum atomic E-state index is 9.89. The van der Waals surface area contributed by atoms with Crippen LogP contribution >= 0.6 is 0 Å². The predicted molar refractivity (Wildman–Crippen MR) is 28.9 cm³/mol. The molecular weight excluding hydrogens is 108 g/mol. The predicted octanol–water partition coefficient (Wildman–Crippen LogP) is -0.223. The van der Waals surface area contributed by atoms with E-state index in [0.29, 0.717) is 6.42 Å². The molecule has 1 amide bonds. The topological polar surface area (TPSA) is 78.3 Å². The fourth-order valence-electron chi connectivity index (χ4n) is 0.233. The number of ether oxygens (including phenoxy) is 1. The van der Waals surface area contributed by atoms with Crippen molar-refractivity contribution in [2.45, 2.75) is 19.6 Å². The summed E-state index contributed by atoms with van der Waals surface area (Å²) in [5.41, 5.74) is 9.78. The highest BCUT2D eigenvalue weighted by Gasteiger charge is 2.00. The maximum Gasteiger partial charge on any atom is 0.406 e. The Morgan fingerprint density at radius 3 is 2.50 bits per heavy atom. The summed E-state index contributed by atoms with van der Waals surface area (Å²) in [5, 5.41) is 0. The lowest BCUT2D eigenvalue weighted by Gasteiger charge is -2.06. The molecule has 0 heterocycles. The Hall–Kier alpha value is -0.770. The van der Waals surface area contributed by atoms with Gasteiger partial charge in [0.2, 0.25) is 0 Å². The SMILES string of the molecule is CC[C@H](N)OC(N)=O. The molecule has 4 heteroatoms. The Kier molecular flexibility index (Phi) is 2.95. The molecule has 4 nitrogen and oxygen atoms in total. The van der Waals surface area contributed by atoms with Crippen LogP contribution in [-0.2, 0) is 4.74 Å². The minimum atomic E-state index is -0.820. The van der Waals surface area contributed by atoms with Crippen LogP contribution < -0.4 is 11.5 Å². The molecule has 0 aromatic heterocycles. The molecule has 0 unspecified atom stereocenters. The summed E-state index contributed by atoms with van der Waals surface area (Å²) in [6.45, 7) is 1.80. The number of amides is 1. The van der Waals surface area contributed by atoms with E-state index in [1.807, 2.05) is 0 Å². The lowest BCUT2D eigenvalue weighted by Crippen LogP contribution is -2.29. The van der Waals surface area contributed by atoms with Crippen LogP contribution in [0.25, 0.3) is 0 Å². The molecule has 1 atom stereocenters. The lowest BCUT2D eigenvalue weighted by atomic mass is 10.4. The zero-order chi connectivity index (χ0) is 6.57. The summed E-state index contributed by atoms with van der Waals surface area (Å²) < 4.78 is 4.32. The first-order valence-electron chi connectivity index (χ1n) is 2.38. The summed E-state index contributed by atoms with van der Waals surface area (Å²) in [6.07, 6.45) is -0.782. The van der Waals surface area contributed by atoms with Gasteiger partial charge in [0.05, 0.1) is 0 Å². The van der Waals surface area contributed by atoms with Gasteiger partial charge in [0.25, 0.3) is 0 Å². The van der Waals surface area contributed by atoms with Crippen LogP contribution in [0.2, 0.25) is 0 Å². The van der Waals surface area contributed by atoms with Crippen LogP contribution in [0.15, 0.2) is 0 Å². The van der Waals surface area contributed by atoms with Crippen molar-refractivity contribution in [1.82, 2.24) is 0 Å². The van der Waals surface area contributed by atoms with E-state index in [1.165, 1.54) is 0 Å². The Morgan fingerprint density at radius 2 is 2.38 bits per heavy atom. The molecule has 48 valence electrons. The quantitative estimate of drug-likeness (QED) is 0.492. The minimum absolute atomic E-state index is 0.549. The van der Waals surface area contributed by atoms with Crippen LogP contribution in [0.5, 0.6) is 0 Å². The fraction of sp³-hybridized carbons (Fsp3) is 0.750. The van der Waals surface area contributed by atoms with Gasteiger partial charge in [0.15, 0.2) is 6.23 Å². The number of carbonyl (C=O) groups excluding carboxylic acids is 1. The molecule has 0 aliphatic heterocycles. The third kappa shape index (κ3) is 3.42. The van der Waals surface area contributed by atoms with Crippen LogP contribution in [0.1, 0.15) is 13.3 Å². The van der Waals surface area contributed by atoms with Gasteiger partial charge in [-0.2, -0.15) is 0 Å². The van der Waals surface area contributed by atoms with Gasteiger partial charge in [-0.05, 0) is 6.42 Å². The van der Waals surface area contributed by atoms with E-state index in [1.54, 1.807) is 6.92 Å². The summed E-state index contributed by atoms with van der Waals surface area (Å²) in [7, 11) is 0. The smallest absolute Gasteiger partial charge is 0.406 e. The Labute approximate surface area is 47.8 Å². The van der Waals surface area contributed by atoms with Crippen LogP contribution in [0.4, 0.5) is 4.79 Å². The molecule has 0 aliphatic carbocycles. The minimum Gasteiger partial charge on any atom is -0.431 e. The van der Waals surface area contributed by atoms with Gasteiger partial charge in [-0.25, -0.2) is 4.79 Å². The van der Waals surface area contributed by atoms with Gasteiger partial charge in [-0.1, -0.05) is 6.92 Å². The van der Waals surface area contributed by atoms with E-state index in [4.69, 9.17) is 5.73 Å². The highest BCUT2D eigenvalue weighted by atomic mass is 16.6. The second-order valence-corrected chi connectivity index (χ2v) is 1.38. The number of nitrogens with two attached hydrogens (primary N) is 2. The number of carbonyl (C=O) groups is 1. The molecule has 0 aromatic rings. The van der Waals surface area contributed by atoms with Gasteiger partial charge in [-0.15, -0.1) is 0 Å². The third-order valence-corrected chi connectivity index (χ3v) is 0.670. The van der Waals surface area contributed by atoms with Crippen molar-refractivity contribution in [1.29, 1.82) is 0 Å². The molecule has 0 fully saturated rings. The summed E-state index contributed by atoms with van der Waals surface area (Å²) in [6, 6.07) is 0. The van der Waals surface area contributed by atoms with E-state index < -0.39 is 12.3 Å². The number of primary amides is 1. The first-order chi connectivity index (χ1) is 3.66. The van der Waals surface area contributed by atoms with Crippen molar-refractivity contribution >= 4 is 6.09 Å². The van der Waals surface area contributed by atoms with Crippen molar-refractivity contribution in [3.05, 3.63) is 0 Å². The molecule has 0 saturated carbocycles. The fourth-order valence-corrected chi connectivity index (χ4v) is 0.233. The average Bonchev–Trinajstić information content (AvgIpc) is 1.65. The average molecular weight is 118 g/mol. The molecule has 0 bridgehead atoms. The largest absolute Gasteiger partial charge is 0.431 e. The summed E-state index contributed by atoms with van der Waals surface area (Å²) in [5.74, 6) is 0. The first-order valence-corrected chi connectivity index (χ1v) is 2.38. The molecular formula is C4H10N2O2. The third-order valence-electron chi connectivity index (χ3n) is 0.670. The number of hydrogen-bond donors (Lipinski definition) is 2. The number of rotatable bonds is 2. The normalized spacial score (nSPS) is 12.8. The van der Waals surface area contributed by atoms with Crippen LogP contribution in [0, 0.1) is 0 Å².